The highest BCUT2D eigenvalue weighted by atomic mass is 16.5. The van der Waals surface area contributed by atoms with Crippen LogP contribution in [0.1, 0.15) is 5.69 Å². The largest absolute Gasteiger partial charge is 0.396 e. The van der Waals surface area contributed by atoms with Gasteiger partial charge in [0.2, 0.25) is 0 Å². The average molecular weight is 139 g/mol. The van der Waals surface area contributed by atoms with E-state index in [0.29, 0.717) is 12.3 Å². The average Bonchev–Trinajstić information content (AvgIpc) is 1.94. The summed E-state index contributed by atoms with van der Waals surface area (Å²) in [6.07, 6.45) is 3.01. The van der Waals surface area contributed by atoms with E-state index in [1.807, 2.05) is 0 Å². The minimum absolute atomic E-state index is 0.439. The van der Waals surface area contributed by atoms with Crippen molar-refractivity contribution in [3.05, 3.63) is 18.2 Å². The first-order valence-corrected chi connectivity index (χ1v) is 2.88. The van der Waals surface area contributed by atoms with Gasteiger partial charge in [0.25, 0.3) is 0 Å². The lowest BCUT2D eigenvalue weighted by Crippen LogP contribution is -1.99. The van der Waals surface area contributed by atoms with Crippen molar-refractivity contribution in [2.75, 3.05) is 12.8 Å². The number of nitrogen functional groups attached to an aromatic ring is 1. The van der Waals surface area contributed by atoms with Crippen LogP contribution in [0.15, 0.2) is 12.5 Å². The van der Waals surface area contributed by atoms with Gasteiger partial charge in [0.15, 0.2) is 0 Å². The number of ether oxygens (including phenoxy) is 1. The molecule has 0 saturated carbocycles. The summed E-state index contributed by atoms with van der Waals surface area (Å²) in [5.74, 6) is 0. The van der Waals surface area contributed by atoms with E-state index < -0.39 is 0 Å². The van der Waals surface area contributed by atoms with E-state index in [-0.39, 0.29) is 0 Å². The molecule has 4 heteroatoms. The third kappa shape index (κ3) is 1.41. The van der Waals surface area contributed by atoms with E-state index in [4.69, 9.17) is 10.5 Å². The number of methoxy groups -OCH3 is 1. The number of hydrogen-bond acceptors (Lipinski definition) is 4. The molecular weight excluding hydrogens is 130 g/mol. The molecule has 1 aromatic heterocycles. The minimum atomic E-state index is 0.439. The van der Waals surface area contributed by atoms with Crippen molar-refractivity contribution in [2.24, 2.45) is 0 Å². The molecule has 0 fully saturated rings. The fraction of sp³-hybridized carbons (Fsp3) is 0.333. The predicted octanol–water partition coefficient (Wildman–Crippen LogP) is 0.205. The maximum Gasteiger partial charge on any atom is 0.115 e. The molecule has 2 N–H and O–H groups in total. The van der Waals surface area contributed by atoms with Crippen molar-refractivity contribution in [1.29, 1.82) is 0 Å². The second kappa shape index (κ2) is 3.12. The zero-order valence-electron chi connectivity index (χ0n) is 5.74. The fourth-order valence-electron chi connectivity index (χ4n) is 0.623. The summed E-state index contributed by atoms with van der Waals surface area (Å²) in [6.45, 7) is 0.439. The van der Waals surface area contributed by atoms with Crippen molar-refractivity contribution in [3.8, 4) is 0 Å². The number of aromatic nitrogens is 2. The Morgan fingerprint density at radius 1 is 1.70 bits per heavy atom. The van der Waals surface area contributed by atoms with Crippen LogP contribution >= 0.6 is 0 Å². The first-order chi connectivity index (χ1) is 4.84. The Balaban J connectivity index is 2.81. The Hall–Kier alpha value is -1.16. The molecule has 1 aromatic rings. The van der Waals surface area contributed by atoms with Crippen molar-refractivity contribution in [2.45, 2.75) is 6.61 Å². The first kappa shape index (κ1) is 6.95. The van der Waals surface area contributed by atoms with Gasteiger partial charge in [0.1, 0.15) is 6.33 Å². The number of nitrogens with zero attached hydrogens (tertiary/aromatic N) is 2. The van der Waals surface area contributed by atoms with Crippen LogP contribution in [0.3, 0.4) is 0 Å². The number of nitrogens with two attached hydrogens (primary N) is 1. The first-order valence-electron chi connectivity index (χ1n) is 2.88. The Morgan fingerprint density at radius 3 is 3.10 bits per heavy atom. The lowest BCUT2D eigenvalue weighted by Gasteiger charge is -1.99. The molecule has 0 amide bonds. The molecule has 0 aliphatic carbocycles. The Bertz CT molecular complexity index is 214. The third-order valence-electron chi connectivity index (χ3n) is 1.11. The van der Waals surface area contributed by atoms with Crippen molar-refractivity contribution in [3.63, 3.8) is 0 Å². The molecule has 1 heterocycles. The van der Waals surface area contributed by atoms with E-state index in [1.54, 1.807) is 13.3 Å². The van der Waals surface area contributed by atoms with Crippen LogP contribution < -0.4 is 5.73 Å². The van der Waals surface area contributed by atoms with Gasteiger partial charge < -0.3 is 10.5 Å². The normalized spacial score (nSPS) is 9.70. The van der Waals surface area contributed by atoms with Crippen LogP contribution in [0.25, 0.3) is 0 Å². The van der Waals surface area contributed by atoms with Gasteiger partial charge in [-0.3, -0.25) is 0 Å². The topological polar surface area (TPSA) is 61.0 Å². The zero-order chi connectivity index (χ0) is 7.40. The van der Waals surface area contributed by atoms with E-state index in [9.17, 15) is 0 Å². The Kier molecular flexibility index (Phi) is 2.17. The van der Waals surface area contributed by atoms with E-state index in [1.165, 1.54) is 6.33 Å². The summed E-state index contributed by atoms with van der Waals surface area (Å²) >= 11 is 0. The maximum absolute atomic E-state index is 5.50. The molecule has 10 heavy (non-hydrogen) atoms. The van der Waals surface area contributed by atoms with Gasteiger partial charge in [0.05, 0.1) is 24.2 Å². The van der Waals surface area contributed by atoms with Crippen LogP contribution in [0.4, 0.5) is 5.69 Å². The molecule has 0 aromatic carbocycles. The molecule has 0 aliphatic heterocycles. The summed E-state index contributed by atoms with van der Waals surface area (Å²) in [6, 6.07) is 0. The van der Waals surface area contributed by atoms with Crippen LogP contribution in [-0.4, -0.2) is 17.1 Å². The van der Waals surface area contributed by atoms with Crippen LogP contribution in [0, 0.1) is 0 Å². The van der Waals surface area contributed by atoms with Crippen LogP contribution in [-0.2, 0) is 11.3 Å². The number of anilines is 1. The molecule has 1 rings (SSSR count). The summed E-state index contributed by atoms with van der Waals surface area (Å²) in [4.78, 5) is 7.64. The van der Waals surface area contributed by atoms with Gasteiger partial charge in [-0.2, -0.15) is 0 Å². The van der Waals surface area contributed by atoms with Crippen molar-refractivity contribution in [1.82, 2.24) is 9.97 Å². The SMILES string of the molecule is COCc1ncncc1N. The van der Waals surface area contributed by atoms with Gasteiger partial charge in [-0.15, -0.1) is 0 Å². The van der Waals surface area contributed by atoms with Crippen LogP contribution in [0.5, 0.6) is 0 Å². The van der Waals surface area contributed by atoms with Gasteiger partial charge in [-0.05, 0) is 0 Å². The number of rotatable bonds is 2. The molecule has 0 unspecified atom stereocenters. The Morgan fingerprint density at radius 2 is 2.50 bits per heavy atom. The molecular formula is C6H9N3O. The fourth-order valence-corrected chi connectivity index (χ4v) is 0.623. The van der Waals surface area contributed by atoms with Gasteiger partial charge in [-0.25, -0.2) is 9.97 Å². The van der Waals surface area contributed by atoms with Gasteiger partial charge in [-0.1, -0.05) is 0 Å². The lowest BCUT2D eigenvalue weighted by molar-refractivity contribution is 0.182. The summed E-state index contributed by atoms with van der Waals surface area (Å²) in [5, 5.41) is 0. The second-order valence-corrected chi connectivity index (χ2v) is 1.86. The van der Waals surface area contributed by atoms with Gasteiger partial charge >= 0.3 is 0 Å². The summed E-state index contributed by atoms with van der Waals surface area (Å²) < 4.78 is 4.84. The van der Waals surface area contributed by atoms with E-state index >= 15 is 0 Å². The molecule has 0 spiro atoms. The summed E-state index contributed by atoms with van der Waals surface area (Å²) in [7, 11) is 1.60. The highest BCUT2D eigenvalue weighted by molar-refractivity contribution is 5.38. The minimum Gasteiger partial charge on any atom is -0.396 e. The molecule has 0 saturated heterocycles. The molecule has 4 nitrogen and oxygen atoms in total. The number of hydrogen-bond donors (Lipinski definition) is 1. The molecule has 0 bridgehead atoms. The zero-order valence-corrected chi connectivity index (χ0v) is 5.74. The van der Waals surface area contributed by atoms with E-state index in [0.717, 1.165) is 5.69 Å². The molecule has 0 radical (unpaired) electrons. The quantitative estimate of drug-likeness (QED) is 0.636. The molecule has 0 aliphatic rings. The van der Waals surface area contributed by atoms with Crippen molar-refractivity contribution < 1.29 is 4.74 Å². The second-order valence-electron chi connectivity index (χ2n) is 1.86. The Labute approximate surface area is 59.1 Å². The highest BCUT2D eigenvalue weighted by Gasteiger charge is 1.96. The standard InChI is InChI=1S/C6H9N3O/c1-10-3-6-5(7)2-8-4-9-6/h2,4H,3,7H2,1H3. The lowest BCUT2D eigenvalue weighted by atomic mass is 10.4. The predicted molar refractivity (Wildman–Crippen MR) is 37.2 cm³/mol. The van der Waals surface area contributed by atoms with Crippen molar-refractivity contribution >= 4 is 5.69 Å². The maximum atomic E-state index is 5.50. The summed E-state index contributed by atoms with van der Waals surface area (Å²) in [5.41, 5.74) is 6.81. The van der Waals surface area contributed by atoms with E-state index in [2.05, 4.69) is 9.97 Å². The molecule has 54 valence electrons. The monoisotopic (exact) mass is 139 g/mol. The van der Waals surface area contributed by atoms with Crippen LogP contribution in [0.2, 0.25) is 0 Å². The highest BCUT2D eigenvalue weighted by Crippen LogP contribution is 2.04. The smallest absolute Gasteiger partial charge is 0.115 e. The van der Waals surface area contributed by atoms with Gasteiger partial charge in [0, 0.05) is 7.11 Å². The molecule has 0 atom stereocenters. The third-order valence-corrected chi connectivity index (χ3v) is 1.11.